The Labute approximate surface area is 123 Å². The molecule has 0 aliphatic carbocycles. The van der Waals surface area contributed by atoms with Crippen molar-refractivity contribution in [2.75, 3.05) is 11.9 Å². The summed E-state index contributed by atoms with van der Waals surface area (Å²) in [5.74, 6) is 0.407. The maximum absolute atomic E-state index is 11.9. The Kier molecular flexibility index (Phi) is 5.09. The molecule has 0 unspecified atom stereocenters. The van der Waals surface area contributed by atoms with Gasteiger partial charge in [0.05, 0.1) is 18.8 Å². The van der Waals surface area contributed by atoms with Gasteiger partial charge in [0.2, 0.25) is 5.88 Å². The van der Waals surface area contributed by atoms with Crippen molar-refractivity contribution in [1.29, 1.82) is 0 Å². The van der Waals surface area contributed by atoms with Crippen molar-refractivity contribution < 1.29 is 9.53 Å². The number of anilines is 1. The van der Waals surface area contributed by atoms with E-state index in [1.807, 2.05) is 26.0 Å². The summed E-state index contributed by atoms with van der Waals surface area (Å²) in [6.45, 7) is 4.67. The quantitative estimate of drug-likeness (QED) is 0.885. The molecule has 21 heavy (non-hydrogen) atoms. The van der Waals surface area contributed by atoms with Crippen LogP contribution in [0, 0.1) is 6.92 Å². The number of nitrogens with one attached hydrogen (secondary N) is 2. The summed E-state index contributed by atoms with van der Waals surface area (Å²) in [5.41, 5.74) is 2.41. The van der Waals surface area contributed by atoms with Gasteiger partial charge in [-0.25, -0.2) is 9.78 Å². The first-order valence-corrected chi connectivity index (χ1v) is 6.74. The number of pyridine rings is 2. The van der Waals surface area contributed by atoms with Crippen LogP contribution in [0.5, 0.6) is 5.88 Å². The molecule has 0 bridgehead atoms. The number of urea groups is 1. The molecule has 0 aromatic carbocycles. The highest BCUT2D eigenvalue weighted by molar-refractivity contribution is 5.90. The summed E-state index contributed by atoms with van der Waals surface area (Å²) in [6, 6.07) is 6.97. The molecule has 110 valence electrons. The highest BCUT2D eigenvalue weighted by Crippen LogP contribution is 2.20. The van der Waals surface area contributed by atoms with Crippen molar-refractivity contribution in [3.63, 3.8) is 0 Å². The summed E-state index contributed by atoms with van der Waals surface area (Å²) in [6.07, 6.45) is 3.32. The molecule has 0 fully saturated rings. The van der Waals surface area contributed by atoms with E-state index in [0.29, 0.717) is 24.7 Å². The summed E-state index contributed by atoms with van der Waals surface area (Å²) < 4.78 is 5.35. The van der Waals surface area contributed by atoms with Gasteiger partial charge in [0.25, 0.3) is 0 Å². The molecule has 2 heterocycles. The molecule has 0 radical (unpaired) electrons. The molecule has 6 heteroatoms. The first-order valence-electron chi connectivity index (χ1n) is 6.74. The van der Waals surface area contributed by atoms with E-state index in [2.05, 4.69) is 20.6 Å². The summed E-state index contributed by atoms with van der Waals surface area (Å²) in [5, 5.41) is 5.48. The van der Waals surface area contributed by atoms with Crippen LogP contribution in [0.3, 0.4) is 0 Å². The van der Waals surface area contributed by atoms with Crippen LogP contribution in [0.2, 0.25) is 0 Å². The number of aromatic nitrogens is 2. The highest BCUT2D eigenvalue weighted by Gasteiger charge is 2.08. The van der Waals surface area contributed by atoms with E-state index in [4.69, 9.17) is 4.74 Å². The first-order chi connectivity index (χ1) is 10.2. The molecular formula is C15H18N4O2. The third-order valence-electron chi connectivity index (χ3n) is 2.83. The van der Waals surface area contributed by atoms with Crippen molar-refractivity contribution >= 4 is 11.7 Å². The van der Waals surface area contributed by atoms with Gasteiger partial charge in [-0.15, -0.1) is 0 Å². The van der Waals surface area contributed by atoms with Gasteiger partial charge < -0.3 is 15.4 Å². The van der Waals surface area contributed by atoms with Crippen LogP contribution in [0.1, 0.15) is 18.2 Å². The highest BCUT2D eigenvalue weighted by atomic mass is 16.5. The van der Waals surface area contributed by atoms with Crippen LogP contribution in [-0.4, -0.2) is 22.6 Å². The number of hydrogen-bond acceptors (Lipinski definition) is 4. The lowest BCUT2D eigenvalue weighted by molar-refractivity contribution is 0.251. The van der Waals surface area contributed by atoms with Crippen molar-refractivity contribution in [2.24, 2.45) is 0 Å². The lowest BCUT2D eigenvalue weighted by Gasteiger charge is -2.11. The summed E-state index contributed by atoms with van der Waals surface area (Å²) in [4.78, 5) is 20.2. The minimum absolute atomic E-state index is 0.325. The fourth-order valence-corrected chi connectivity index (χ4v) is 1.77. The zero-order valence-electron chi connectivity index (χ0n) is 12.1. The van der Waals surface area contributed by atoms with Crippen LogP contribution in [0.4, 0.5) is 10.5 Å². The second-order valence-corrected chi connectivity index (χ2v) is 4.36. The van der Waals surface area contributed by atoms with E-state index < -0.39 is 0 Å². The smallest absolute Gasteiger partial charge is 0.319 e. The number of carbonyl (C=O) groups is 1. The molecule has 0 aliphatic heterocycles. The van der Waals surface area contributed by atoms with E-state index in [-0.39, 0.29) is 6.03 Å². The Balaban J connectivity index is 1.95. The molecule has 2 aromatic rings. The third-order valence-corrected chi connectivity index (χ3v) is 2.83. The molecule has 6 nitrogen and oxygen atoms in total. The second kappa shape index (κ2) is 7.23. The van der Waals surface area contributed by atoms with E-state index >= 15 is 0 Å². The van der Waals surface area contributed by atoms with E-state index in [9.17, 15) is 4.79 Å². The number of rotatable bonds is 5. The van der Waals surface area contributed by atoms with Crippen LogP contribution >= 0.6 is 0 Å². The number of hydrogen-bond donors (Lipinski definition) is 2. The van der Waals surface area contributed by atoms with Gasteiger partial charge in [0, 0.05) is 12.4 Å². The van der Waals surface area contributed by atoms with Crippen molar-refractivity contribution in [2.45, 2.75) is 20.4 Å². The standard InChI is InChI=1S/C15H18N4O2/c1-3-21-14-12(7-5-9-17-14)19-15(20)18-10-13-11(2)6-4-8-16-13/h4-9H,3,10H2,1-2H3,(H2,18,19,20). The van der Waals surface area contributed by atoms with Gasteiger partial charge in [-0.1, -0.05) is 6.07 Å². The van der Waals surface area contributed by atoms with Gasteiger partial charge in [0.1, 0.15) is 5.69 Å². The number of ether oxygens (including phenoxy) is 1. The SMILES string of the molecule is CCOc1ncccc1NC(=O)NCc1ncccc1C. The molecule has 0 atom stereocenters. The fraction of sp³-hybridized carbons (Fsp3) is 0.267. The molecule has 2 aromatic heterocycles. The average Bonchev–Trinajstić information content (AvgIpc) is 2.49. The van der Waals surface area contributed by atoms with Gasteiger partial charge in [-0.2, -0.15) is 0 Å². The summed E-state index contributed by atoms with van der Waals surface area (Å²) >= 11 is 0. The number of amides is 2. The molecule has 2 rings (SSSR count). The second-order valence-electron chi connectivity index (χ2n) is 4.36. The Morgan fingerprint density at radius 1 is 1.24 bits per heavy atom. The molecule has 0 saturated carbocycles. The predicted octanol–water partition coefficient (Wildman–Crippen LogP) is 2.51. The molecule has 2 N–H and O–H groups in total. The Morgan fingerprint density at radius 3 is 2.76 bits per heavy atom. The van der Waals surface area contributed by atoms with Gasteiger partial charge in [-0.3, -0.25) is 4.98 Å². The lowest BCUT2D eigenvalue weighted by Crippen LogP contribution is -2.29. The molecular weight excluding hydrogens is 268 g/mol. The number of carbonyl (C=O) groups excluding carboxylic acids is 1. The largest absolute Gasteiger partial charge is 0.476 e. The van der Waals surface area contributed by atoms with Crippen LogP contribution in [-0.2, 0) is 6.54 Å². The lowest BCUT2D eigenvalue weighted by atomic mass is 10.2. The van der Waals surface area contributed by atoms with Crippen LogP contribution < -0.4 is 15.4 Å². The van der Waals surface area contributed by atoms with Gasteiger partial charge >= 0.3 is 6.03 Å². The Bertz CT molecular complexity index is 616. The minimum Gasteiger partial charge on any atom is -0.476 e. The van der Waals surface area contributed by atoms with Crippen molar-refractivity contribution in [1.82, 2.24) is 15.3 Å². The maximum atomic E-state index is 11.9. The molecule has 0 saturated heterocycles. The number of aryl methyl sites for hydroxylation is 1. The normalized spacial score (nSPS) is 10.0. The third kappa shape index (κ3) is 4.17. The summed E-state index contributed by atoms with van der Waals surface area (Å²) in [7, 11) is 0. The first kappa shape index (κ1) is 14.8. The topological polar surface area (TPSA) is 76.1 Å². The van der Waals surface area contributed by atoms with Crippen LogP contribution in [0.15, 0.2) is 36.7 Å². The Morgan fingerprint density at radius 2 is 2.00 bits per heavy atom. The fourth-order valence-electron chi connectivity index (χ4n) is 1.77. The van der Waals surface area contributed by atoms with Crippen molar-refractivity contribution in [3.05, 3.63) is 47.9 Å². The predicted molar refractivity (Wildman–Crippen MR) is 80.2 cm³/mol. The molecule has 2 amide bonds. The molecule has 0 spiro atoms. The Hall–Kier alpha value is -2.63. The van der Waals surface area contributed by atoms with Crippen molar-refractivity contribution in [3.8, 4) is 5.88 Å². The number of nitrogens with zero attached hydrogens (tertiary/aromatic N) is 2. The zero-order chi connectivity index (χ0) is 15.1. The van der Waals surface area contributed by atoms with E-state index in [1.54, 1.807) is 24.5 Å². The van der Waals surface area contributed by atoms with Gasteiger partial charge in [0.15, 0.2) is 0 Å². The van der Waals surface area contributed by atoms with Gasteiger partial charge in [-0.05, 0) is 37.6 Å². The maximum Gasteiger partial charge on any atom is 0.319 e. The monoisotopic (exact) mass is 286 g/mol. The zero-order valence-corrected chi connectivity index (χ0v) is 12.1. The molecule has 0 aliphatic rings. The van der Waals surface area contributed by atoms with E-state index in [0.717, 1.165) is 11.3 Å². The van der Waals surface area contributed by atoms with E-state index in [1.165, 1.54) is 0 Å². The van der Waals surface area contributed by atoms with Crippen LogP contribution in [0.25, 0.3) is 0 Å². The minimum atomic E-state index is -0.325. The average molecular weight is 286 g/mol.